The summed E-state index contributed by atoms with van der Waals surface area (Å²) in [5, 5.41) is 13.5. The predicted octanol–water partition coefficient (Wildman–Crippen LogP) is 0.0312. The zero-order chi connectivity index (χ0) is 17.3. The third-order valence-electron chi connectivity index (χ3n) is 4.27. The van der Waals surface area contributed by atoms with Crippen LogP contribution in [0, 0.1) is 0 Å². The molecule has 1 atom stereocenters. The Bertz CT molecular complexity index is 739. The first-order valence-corrected chi connectivity index (χ1v) is 10.1. The molecule has 1 aromatic rings. The van der Waals surface area contributed by atoms with Crippen molar-refractivity contribution in [2.24, 2.45) is 0 Å². The Labute approximate surface area is 144 Å². The van der Waals surface area contributed by atoms with Gasteiger partial charge in [0.15, 0.2) is 0 Å². The van der Waals surface area contributed by atoms with E-state index in [1.165, 1.54) is 15.3 Å². The Morgan fingerprint density at radius 1 is 1.25 bits per heavy atom. The minimum Gasteiger partial charge on any atom is -0.480 e. The molecule has 2 fully saturated rings. The van der Waals surface area contributed by atoms with Gasteiger partial charge < -0.3 is 15.3 Å². The van der Waals surface area contributed by atoms with Crippen molar-refractivity contribution in [1.82, 2.24) is 14.5 Å². The summed E-state index contributed by atoms with van der Waals surface area (Å²) in [5.41, 5.74) is 0. The summed E-state index contributed by atoms with van der Waals surface area (Å²) < 4.78 is 26.9. The molecule has 0 saturated carbocycles. The molecule has 8 nitrogen and oxygen atoms in total. The Morgan fingerprint density at radius 2 is 1.96 bits per heavy atom. The van der Waals surface area contributed by atoms with E-state index in [0.717, 1.165) is 24.2 Å². The Balaban J connectivity index is 1.84. The second kappa shape index (κ2) is 6.79. The maximum absolute atomic E-state index is 12.7. The fourth-order valence-corrected chi connectivity index (χ4v) is 5.85. The van der Waals surface area contributed by atoms with Crippen molar-refractivity contribution in [3.63, 3.8) is 0 Å². The molecule has 1 amide bonds. The topological polar surface area (TPSA) is 107 Å². The van der Waals surface area contributed by atoms with Crippen molar-refractivity contribution in [1.29, 1.82) is 0 Å². The van der Waals surface area contributed by atoms with Gasteiger partial charge in [0.1, 0.15) is 15.8 Å². The van der Waals surface area contributed by atoms with E-state index in [1.54, 1.807) is 5.38 Å². The van der Waals surface area contributed by atoms with Gasteiger partial charge in [0.05, 0.1) is 0 Å². The number of nitrogens with one attached hydrogen (secondary N) is 1. The molecule has 0 spiro atoms. The monoisotopic (exact) mass is 373 g/mol. The van der Waals surface area contributed by atoms with Crippen LogP contribution in [0.2, 0.25) is 0 Å². The normalized spacial score (nSPS) is 22.7. The summed E-state index contributed by atoms with van der Waals surface area (Å²) in [5.74, 6) is -1.45. The van der Waals surface area contributed by atoms with Crippen LogP contribution in [-0.2, 0) is 14.8 Å². The Kier molecular flexibility index (Phi) is 4.90. The lowest BCUT2D eigenvalue weighted by atomic mass is 10.2. The van der Waals surface area contributed by atoms with E-state index < -0.39 is 27.9 Å². The smallest absolute Gasteiger partial charge is 0.322 e. The summed E-state index contributed by atoms with van der Waals surface area (Å²) in [7, 11) is -3.68. The number of carbonyl (C=O) groups excluding carboxylic acids is 1. The van der Waals surface area contributed by atoms with Crippen molar-refractivity contribution in [3.05, 3.63) is 16.3 Å². The number of nitrogens with zero attached hydrogens (tertiary/aromatic N) is 2. The molecule has 10 heteroatoms. The third-order valence-corrected chi connectivity index (χ3v) is 7.24. The quantitative estimate of drug-likeness (QED) is 0.771. The average Bonchev–Trinajstić information content (AvgIpc) is 3.26. The maximum Gasteiger partial charge on any atom is 0.322 e. The molecular weight excluding hydrogens is 354 g/mol. The number of carbonyl (C=O) groups is 2. The Hall–Kier alpha value is -1.49. The van der Waals surface area contributed by atoms with Crippen molar-refractivity contribution < 1.29 is 23.1 Å². The second-order valence-corrected chi connectivity index (χ2v) is 8.64. The van der Waals surface area contributed by atoms with Gasteiger partial charge in [-0.05, 0) is 24.3 Å². The lowest BCUT2D eigenvalue weighted by Gasteiger charge is -2.31. The van der Waals surface area contributed by atoms with Crippen LogP contribution >= 0.6 is 11.3 Å². The molecule has 132 valence electrons. The molecule has 3 heterocycles. The molecule has 1 aromatic heterocycles. The zero-order valence-electron chi connectivity index (χ0n) is 13.0. The van der Waals surface area contributed by atoms with Gasteiger partial charge in [-0.15, -0.1) is 11.3 Å². The number of rotatable bonds is 4. The number of carboxylic acid groups (broad SMARTS) is 1. The Morgan fingerprint density at radius 3 is 2.62 bits per heavy atom. The van der Waals surface area contributed by atoms with E-state index in [4.69, 9.17) is 5.11 Å². The van der Waals surface area contributed by atoms with Crippen LogP contribution in [0.25, 0.3) is 0 Å². The van der Waals surface area contributed by atoms with Crippen molar-refractivity contribution in [2.45, 2.75) is 23.8 Å². The van der Waals surface area contributed by atoms with Crippen molar-refractivity contribution in [3.8, 4) is 0 Å². The van der Waals surface area contributed by atoms with E-state index in [1.807, 2.05) is 0 Å². The number of aliphatic carboxylic acids is 1. The SMILES string of the molecule is O=C(O)[C@@H]1CN(C(=O)c2sccc2S(=O)(=O)N2CCCC2)CCN1. The highest BCUT2D eigenvalue weighted by molar-refractivity contribution is 7.89. The van der Waals surface area contributed by atoms with E-state index in [2.05, 4.69) is 5.32 Å². The third kappa shape index (κ3) is 3.18. The van der Waals surface area contributed by atoms with Crippen molar-refractivity contribution >= 4 is 33.2 Å². The van der Waals surface area contributed by atoms with Crippen LogP contribution < -0.4 is 5.32 Å². The number of amides is 1. The fourth-order valence-electron chi connectivity index (χ4n) is 2.97. The molecule has 0 unspecified atom stereocenters. The summed E-state index contributed by atoms with van der Waals surface area (Å²) in [6.07, 6.45) is 1.65. The number of thiophene rings is 1. The second-order valence-electron chi connectivity index (χ2n) is 5.82. The van der Waals surface area contributed by atoms with Crippen molar-refractivity contribution in [2.75, 3.05) is 32.7 Å². The minimum atomic E-state index is -3.68. The van der Waals surface area contributed by atoms with Gasteiger partial charge in [0.25, 0.3) is 5.91 Å². The zero-order valence-corrected chi connectivity index (χ0v) is 14.6. The van der Waals surface area contributed by atoms with E-state index in [0.29, 0.717) is 26.2 Å². The molecule has 2 saturated heterocycles. The van der Waals surface area contributed by atoms with Gasteiger partial charge in [-0.3, -0.25) is 9.59 Å². The molecule has 0 aromatic carbocycles. The highest BCUT2D eigenvalue weighted by atomic mass is 32.2. The first kappa shape index (κ1) is 17.3. The van der Waals surface area contributed by atoms with Gasteiger partial charge >= 0.3 is 5.97 Å². The van der Waals surface area contributed by atoms with Crippen LogP contribution in [0.15, 0.2) is 16.3 Å². The molecule has 2 aliphatic heterocycles. The highest BCUT2D eigenvalue weighted by Crippen LogP contribution is 2.28. The number of carboxylic acids is 1. The average molecular weight is 373 g/mol. The molecule has 24 heavy (non-hydrogen) atoms. The van der Waals surface area contributed by atoms with Gasteiger partial charge in [-0.1, -0.05) is 0 Å². The lowest BCUT2D eigenvalue weighted by Crippen LogP contribution is -2.55. The number of sulfonamides is 1. The minimum absolute atomic E-state index is 0.0231. The predicted molar refractivity (Wildman–Crippen MR) is 87.6 cm³/mol. The first-order valence-electron chi connectivity index (χ1n) is 7.74. The van der Waals surface area contributed by atoms with E-state index in [-0.39, 0.29) is 16.3 Å². The molecular formula is C14H19N3O5S2. The highest BCUT2D eigenvalue weighted by Gasteiger charge is 2.35. The van der Waals surface area contributed by atoms with E-state index in [9.17, 15) is 18.0 Å². The van der Waals surface area contributed by atoms with E-state index >= 15 is 0 Å². The molecule has 2 N–H and O–H groups in total. The number of hydrogen-bond donors (Lipinski definition) is 2. The maximum atomic E-state index is 12.7. The fraction of sp³-hybridized carbons (Fsp3) is 0.571. The molecule has 2 aliphatic rings. The summed E-state index contributed by atoms with van der Waals surface area (Å²) in [4.78, 5) is 25.5. The summed E-state index contributed by atoms with van der Waals surface area (Å²) in [6, 6.07) is 0.629. The van der Waals surface area contributed by atoms with Gasteiger partial charge in [0, 0.05) is 32.7 Å². The number of hydrogen-bond acceptors (Lipinski definition) is 6. The van der Waals surface area contributed by atoms with Crippen LogP contribution in [0.4, 0.5) is 0 Å². The number of piperazine rings is 1. The molecule has 0 aliphatic carbocycles. The first-order chi connectivity index (χ1) is 11.4. The largest absolute Gasteiger partial charge is 0.480 e. The molecule has 3 rings (SSSR count). The van der Waals surface area contributed by atoms with Gasteiger partial charge in [-0.25, -0.2) is 8.42 Å². The molecule has 0 bridgehead atoms. The van der Waals surface area contributed by atoms with Gasteiger partial charge in [0.2, 0.25) is 10.0 Å². The lowest BCUT2D eigenvalue weighted by molar-refractivity contribution is -0.140. The van der Waals surface area contributed by atoms with Crippen LogP contribution in [0.5, 0.6) is 0 Å². The standard InChI is InChI=1S/C14H19N3O5S2/c18-13(16-7-4-15-10(9-16)14(19)20)12-11(3-8-23-12)24(21,22)17-5-1-2-6-17/h3,8,10,15H,1-2,4-7,9H2,(H,19,20)/t10-/m0/s1. The van der Waals surface area contributed by atoms with Crippen LogP contribution in [0.1, 0.15) is 22.5 Å². The molecule has 0 radical (unpaired) electrons. The summed E-state index contributed by atoms with van der Waals surface area (Å²) >= 11 is 1.08. The van der Waals surface area contributed by atoms with Crippen LogP contribution in [0.3, 0.4) is 0 Å². The van der Waals surface area contributed by atoms with Crippen LogP contribution in [-0.4, -0.2) is 73.4 Å². The summed E-state index contributed by atoms with van der Waals surface area (Å²) in [6.45, 7) is 1.68. The van der Waals surface area contributed by atoms with Gasteiger partial charge in [-0.2, -0.15) is 4.31 Å².